The third-order valence-electron chi connectivity index (χ3n) is 10.2. The van der Waals surface area contributed by atoms with Crippen molar-refractivity contribution in [2.45, 2.75) is 6.17 Å². The van der Waals surface area contributed by atoms with E-state index in [2.05, 4.69) is 144 Å². The quantitative estimate of drug-likeness (QED) is 0.179. The lowest BCUT2D eigenvalue weighted by Gasteiger charge is -2.24. The van der Waals surface area contributed by atoms with Crippen LogP contribution in [0.1, 0.15) is 22.9 Å². The van der Waals surface area contributed by atoms with Crippen LogP contribution in [0.15, 0.2) is 209 Å². The van der Waals surface area contributed by atoms with Gasteiger partial charge in [-0.3, -0.25) is 0 Å². The normalized spacial score (nSPS) is 14.0. The van der Waals surface area contributed by atoms with Crippen LogP contribution in [0.5, 0.6) is 0 Å². The number of nitrogens with zero attached hydrogens (tertiary/aromatic N) is 3. The van der Waals surface area contributed by atoms with Crippen LogP contribution in [0.3, 0.4) is 0 Å². The Bertz CT molecular complexity index is 2860. The van der Waals surface area contributed by atoms with Crippen LogP contribution in [0.4, 0.5) is 0 Å². The molecule has 8 aromatic carbocycles. The average Bonchev–Trinajstić information content (AvgIpc) is 3.71. The molecule has 0 saturated heterocycles. The van der Waals surface area contributed by atoms with Gasteiger partial charge in [-0.25, -0.2) is 15.0 Å². The van der Waals surface area contributed by atoms with Crippen molar-refractivity contribution in [2.75, 3.05) is 0 Å². The van der Waals surface area contributed by atoms with E-state index < -0.39 is 0 Å². The largest absolute Gasteiger partial charge is 0.436 e. The molecule has 5 nitrogen and oxygen atoms in total. The lowest BCUT2D eigenvalue weighted by molar-refractivity contribution is 0.620. The summed E-state index contributed by atoms with van der Waals surface area (Å²) < 4.78 is 6.01. The van der Waals surface area contributed by atoms with Crippen molar-refractivity contribution in [3.8, 4) is 44.8 Å². The highest BCUT2D eigenvalue weighted by Crippen LogP contribution is 2.37. The number of fused-ring (bicyclic) bond motifs is 2. The Morgan fingerprint density at radius 1 is 0.436 bits per heavy atom. The van der Waals surface area contributed by atoms with Crippen molar-refractivity contribution in [2.24, 2.45) is 9.98 Å². The van der Waals surface area contributed by atoms with Gasteiger partial charge >= 0.3 is 0 Å². The fourth-order valence-corrected chi connectivity index (χ4v) is 7.44. The summed E-state index contributed by atoms with van der Waals surface area (Å²) in [6.45, 7) is 0. The zero-order valence-electron chi connectivity index (χ0n) is 29.8. The number of hydrogen-bond acceptors (Lipinski definition) is 5. The highest BCUT2D eigenvalue weighted by Gasteiger charge is 2.22. The zero-order chi connectivity index (χ0) is 36.6. The van der Waals surface area contributed by atoms with Gasteiger partial charge < -0.3 is 9.73 Å². The molecule has 5 heteroatoms. The molecule has 55 heavy (non-hydrogen) atoms. The third kappa shape index (κ3) is 6.28. The molecule has 0 spiro atoms. The van der Waals surface area contributed by atoms with E-state index in [0.29, 0.717) is 11.7 Å². The number of rotatable bonds is 7. The van der Waals surface area contributed by atoms with Gasteiger partial charge in [0.2, 0.25) is 5.89 Å². The summed E-state index contributed by atoms with van der Waals surface area (Å²) in [5.74, 6) is 2.15. The maximum absolute atomic E-state index is 6.01. The Hall–Kier alpha value is -7.37. The van der Waals surface area contributed by atoms with Gasteiger partial charge in [-0.05, 0) is 86.1 Å². The first-order valence-corrected chi connectivity index (χ1v) is 18.5. The lowest BCUT2D eigenvalue weighted by Crippen LogP contribution is -2.33. The van der Waals surface area contributed by atoms with Crippen LogP contribution in [0.25, 0.3) is 66.7 Å². The molecule has 10 rings (SSSR count). The van der Waals surface area contributed by atoms with Crippen molar-refractivity contribution in [1.82, 2.24) is 10.3 Å². The predicted octanol–water partition coefficient (Wildman–Crippen LogP) is 12.1. The number of oxazole rings is 1. The molecule has 0 radical (unpaired) electrons. The molecule has 2 heterocycles. The van der Waals surface area contributed by atoms with Crippen LogP contribution in [0, 0.1) is 0 Å². The van der Waals surface area contributed by atoms with E-state index in [1.807, 2.05) is 60.7 Å². The number of aliphatic imine (C=N–C) groups is 2. The predicted molar refractivity (Wildman–Crippen MR) is 225 cm³/mol. The van der Waals surface area contributed by atoms with Crippen molar-refractivity contribution in [1.29, 1.82) is 0 Å². The molecule has 1 atom stereocenters. The van der Waals surface area contributed by atoms with E-state index in [1.54, 1.807) is 0 Å². The molecule has 0 fully saturated rings. The van der Waals surface area contributed by atoms with E-state index in [1.165, 1.54) is 27.5 Å². The fourth-order valence-electron chi connectivity index (χ4n) is 7.44. The number of para-hydroxylation sites is 2. The fraction of sp³-hybridized carbons (Fsp3) is 0.0200. The van der Waals surface area contributed by atoms with Crippen LogP contribution in [0.2, 0.25) is 0 Å². The summed E-state index contributed by atoms with van der Waals surface area (Å²) in [6, 6.07) is 67.4. The van der Waals surface area contributed by atoms with Gasteiger partial charge in [0.15, 0.2) is 11.4 Å². The Morgan fingerprint density at radius 3 is 1.75 bits per heavy atom. The van der Waals surface area contributed by atoms with E-state index in [0.717, 1.165) is 55.9 Å². The maximum Gasteiger partial charge on any atom is 0.227 e. The molecule has 9 aromatic rings. The number of benzene rings is 8. The highest BCUT2D eigenvalue weighted by atomic mass is 16.3. The Morgan fingerprint density at radius 2 is 1.02 bits per heavy atom. The Kier molecular flexibility index (Phi) is 8.15. The molecule has 0 aliphatic carbocycles. The third-order valence-corrected chi connectivity index (χ3v) is 10.2. The van der Waals surface area contributed by atoms with Gasteiger partial charge in [0.25, 0.3) is 0 Å². The van der Waals surface area contributed by atoms with Crippen LogP contribution in [-0.4, -0.2) is 16.7 Å². The van der Waals surface area contributed by atoms with Gasteiger partial charge in [-0.2, -0.15) is 0 Å². The van der Waals surface area contributed by atoms with Gasteiger partial charge in [0, 0.05) is 16.7 Å². The molecule has 1 aromatic heterocycles. The Balaban J connectivity index is 0.979. The average molecular weight is 707 g/mol. The van der Waals surface area contributed by atoms with Crippen molar-refractivity contribution >= 4 is 33.5 Å². The lowest BCUT2D eigenvalue weighted by atomic mass is 9.91. The topological polar surface area (TPSA) is 62.8 Å². The van der Waals surface area contributed by atoms with Crippen LogP contribution < -0.4 is 5.32 Å². The number of amidine groups is 2. The molecule has 0 amide bonds. The first kappa shape index (κ1) is 32.3. The first-order chi connectivity index (χ1) is 27.2. The minimum atomic E-state index is -0.305. The summed E-state index contributed by atoms with van der Waals surface area (Å²) in [5, 5.41) is 6.02. The summed E-state index contributed by atoms with van der Waals surface area (Å²) in [5.41, 5.74) is 12.6. The SMILES string of the molecule is c1ccc(C2=NC(c3cccc(-c4cccc5c(-c6cccc(-c7ccc(-c8nc9ccccc9o8)cc7)c6)cccc45)c3)NC(c3ccccc3)=N2)cc1. The van der Waals surface area contributed by atoms with Gasteiger partial charge in [0.05, 0.1) is 0 Å². The molecule has 1 unspecified atom stereocenters. The second-order valence-electron chi connectivity index (χ2n) is 13.7. The molecular formula is C50H34N4O. The maximum atomic E-state index is 6.01. The van der Waals surface area contributed by atoms with E-state index >= 15 is 0 Å². The number of nitrogens with one attached hydrogen (secondary N) is 1. The molecule has 1 aliphatic rings. The van der Waals surface area contributed by atoms with Crippen LogP contribution >= 0.6 is 0 Å². The summed E-state index contributed by atoms with van der Waals surface area (Å²) in [7, 11) is 0. The minimum Gasteiger partial charge on any atom is -0.436 e. The van der Waals surface area contributed by atoms with E-state index in [-0.39, 0.29) is 6.17 Å². The summed E-state index contributed by atoms with van der Waals surface area (Å²) >= 11 is 0. The van der Waals surface area contributed by atoms with Crippen molar-refractivity contribution < 1.29 is 4.42 Å². The molecule has 1 N–H and O–H groups in total. The van der Waals surface area contributed by atoms with E-state index in [9.17, 15) is 0 Å². The molecule has 1 aliphatic heterocycles. The van der Waals surface area contributed by atoms with Gasteiger partial charge in [-0.1, -0.05) is 158 Å². The molecule has 0 bridgehead atoms. The second kappa shape index (κ2) is 13.9. The van der Waals surface area contributed by atoms with Gasteiger partial charge in [0.1, 0.15) is 17.5 Å². The summed E-state index contributed by atoms with van der Waals surface area (Å²) in [4.78, 5) is 14.8. The van der Waals surface area contributed by atoms with Crippen LogP contribution in [-0.2, 0) is 0 Å². The first-order valence-electron chi connectivity index (χ1n) is 18.5. The van der Waals surface area contributed by atoms with Crippen molar-refractivity contribution in [3.05, 3.63) is 211 Å². The monoisotopic (exact) mass is 706 g/mol. The number of aromatic nitrogens is 1. The minimum absolute atomic E-state index is 0.305. The number of hydrogen-bond donors (Lipinski definition) is 1. The summed E-state index contributed by atoms with van der Waals surface area (Å²) in [6.07, 6.45) is -0.305. The van der Waals surface area contributed by atoms with Crippen molar-refractivity contribution in [3.63, 3.8) is 0 Å². The van der Waals surface area contributed by atoms with E-state index in [4.69, 9.17) is 14.4 Å². The standard InChI is InChI=1S/C50H34N4O/c1-3-13-34(14-4-1)47-52-48(35-15-5-2-6-16-35)54-49(53-47)40-20-10-19-39(32-40)42-22-12-23-43-41(21-11-24-44(42)43)38-18-9-17-37(31-38)33-27-29-36(30-28-33)50-51-45-25-7-8-26-46(45)55-50/h1-32,49H,(H,52,53,54). The second-order valence-corrected chi connectivity index (χ2v) is 13.7. The highest BCUT2D eigenvalue weighted by molar-refractivity contribution is 6.13. The molecular weight excluding hydrogens is 673 g/mol. The zero-order valence-corrected chi connectivity index (χ0v) is 29.8. The smallest absolute Gasteiger partial charge is 0.227 e. The Labute approximate surface area is 319 Å². The molecule has 260 valence electrons. The van der Waals surface area contributed by atoms with Gasteiger partial charge in [-0.15, -0.1) is 0 Å². The molecule has 0 saturated carbocycles.